The minimum atomic E-state index is -0.774. The monoisotopic (exact) mass is 504 g/mol. The third-order valence-corrected chi connectivity index (χ3v) is 5.25. The Morgan fingerprint density at radius 1 is 1.16 bits per heavy atom. The summed E-state index contributed by atoms with van der Waals surface area (Å²) in [5.74, 6) is -0.948. The summed E-state index contributed by atoms with van der Waals surface area (Å²) in [6.45, 7) is 3.32. The van der Waals surface area contributed by atoms with Crippen molar-refractivity contribution in [3.05, 3.63) is 70.2 Å². The van der Waals surface area contributed by atoms with Gasteiger partial charge in [-0.05, 0) is 68.1 Å². The zero-order chi connectivity index (χ0) is 23.7. The minimum Gasteiger partial charge on any atom is -0.508 e. The van der Waals surface area contributed by atoms with Crippen molar-refractivity contribution in [2.45, 2.75) is 32.8 Å². The van der Waals surface area contributed by atoms with Crippen LogP contribution >= 0.6 is 15.9 Å². The number of phenols is 1. The first-order valence-corrected chi connectivity index (χ1v) is 10.7. The number of rotatable bonds is 9. The van der Waals surface area contributed by atoms with Crippen molar-refractivity contribution >= 4 is 39.4 Å². The molecule has 9 heteroatoms. The van der Waals surface area contributed by atoms with E-state index in [4.69, 9.17) is 9.94 Å². The number of hydrogen-bond donors (Lipinski definition) is 4. The molecule has 0 aliphatic rings. The first-order chi connectivity index (χ1) is 15.2. The summed E-state index contributed by atoms with van der Waals surface area (Å²) >= 11 is 3.37. The van der Waals surface area contributed by atoms with Gasteiger partial charge in [-0.25, -0.2) is 10.3 Å². The number of phenolic OH excluding ortho intramolecular Hbond substituents is 1. The van der Waals surface area contributed by atoms with Crippen LogP contribution in [0.3, 0.4) is 0 Å². The lowest BCUT2D eigenvalue weighted by molar-refractivity contribution is -0.124. The second-order valence-electron chi connectivity index (χ2n) is 7.22. The van der Waals surface area contributed by atoms with Crippen LogP contribution in [0.4, 0.5) is 10.5 Å². The number of anilines is 1. The van der Waals surface area contributed by atoms with Crippen LogP contribution in [0.2, 0.25) is 0 Å². The number of ether oxygens (including phenoxy) is 1. The molecule has 2 rings (SSSR count). The number of halogens is 1. The predicted octanol–water partition coefficient (Wildman–Crippen LogP) is 5.13. The zero-order valence-electron chi connectivity index (χ0n) is 17.7. The van der Waals surface area contributed by atoms with E-state index in [1.165, 1.54) is 24.5 Å². The molecular formula is C23H25BrN2O6. The van der Waals surface area contributed by atoms with Crippen LogP contribution in [-0.4, -0.2) is 28.1 Å². The number of ketones is 1. The molecule has 0 aliphatic carbocycles. The Bertz CT molecular complexity index is 990. The fourth-order valence-corrected chi connectivity index (χ4v) is 3.41. The standard InChI is InChI=1S/C23H25BrN2O6/c1-14(5-3-4-6-21(29)26-31)22(19-13-17(24)9-12-20(19)28)32-23(30)25-18-10-7-16(8-11-18)15(2)27/h4,6-14,22,28,31H,3,5H2,1-2H3,(H,25,30)(H,26,29)/b6-4+/t14-,22+/m0/s1. The van der Waals surface area contributed by atoms with E-state index in [9.17, 15) is 19.5 Å². The molecule has 0 aromatic heterocycles. The maximum absolute atomic E-state index is 12.6. The zero-order valence-corrected chi connectivity index (χ0v) is 19.3. The summed E-state index contributed by atoms with van der Waals surface area (Å²) in [5, 5.41) is 21.5. The summed E-state index contributed by atoms with van der Waals surface area (Å²) in [7, 11) is 0. The highest BCUT2D eigenvalue weighted by Crippen LogP contribution is 2.36. The Morgan fingerprint density at radius 2 is 1.84 bits per heavy atom. The number of hydroxylamine groups is 1. The van der Waals surface area contributed by atoms with Gasteiger partial charge >= 0.3 is 6.09 Å². The molecule has 0 saturated carbocycles. The van der Waals surface area contributed by atoms with E-state index in [1.807, 2.05) is 6.92 Å². The van der Waals surface area contributed by atoms with Gasteiger partial charge in [0.1, 0.15) is 11.9 Å². The Hall–Kier alpha value is -3.17. The summed E-state index contributed by atoms with van der Waals surface area (Å²) in [6.07, 6.45) is 2.33. The fourth-order valence-electron chi connectivity index (χ4n) is 3.03. The molecular weight excluding hydrogens is 480 g/mol. The molecule has 8 nitrogen and oxygen atoms in total. The molecule has 0 unspecified atom stereocenters. The lowest BCUT2D eigenvalue weighted by atomic mass is 9.92. The number of hydrogen-bond acceptors (Lipinski definition) is 6. The topological polar surface area (TPSA) is 125 Å². The molecule has 4 N–H and O–H groups in total. The Balaban J connectivity index is 2.15. The SMILES string of the molecule is CC(=O)c1ccc(NC(=O)O[C@@H](c2cc(Br)ccc2O)[C@@H](C)CC/C=C/C(=O)NO)cc1. The van der Waals surface area contributed by atoms with E-state index in [2.05, 4.69) is 21.2 Å². The summed E-state index contributed by atoms with van der Waals surface area (Å²) < 4.78 is 6.39. The quantitative estimate of drug-likeness (QED) is 0.162. The van der Waals surface area contributed by atoms with Gasteiger partial charge in [0.05, 0.1) is 0 Å². The summed E-state index contributed by atoms with van der Waals surface area (Å²) in [4.78, 5) is 35.1. The number of carbonyl (C=O) groups excluding carboxylic acids is 3. The maximum Gasteiger partial charge on any atom is 0.412 e. The number of nitrogens with one attached hydrogen (secondary N) is 2. The average molecular weight is 505 g/mol. The van der Waals surface area contributed by atoms with Gasteiger partial charge in [0.2, 0.25) is 0 Å². The molecule has 170 valence electrons. The third kappa shape index (κ3) is 7.51. The molecule has 2 atom stereocenters. The van der Waals surface area contributed by atoms with Gasteiger partial charge in [0.15, 0.2) is 5.78 Å². The molecule has 2 aromatic rings. The Kier molecular flexibility index (Phi) is 9.42. The van der Waals surface area contributed by atoms with Crippen molar-refractivity contribution in [1.29, 1.82) is 0 Å². The summed E-state index contributed by atoms with van der Waals surface area (Å²) in [5.41, 5.74) is 2.94. The molecule has 0 heterocycles. The normalized spacial score (nSPS) is 12.8. The minimum absolute atomic E-state index is 0.0149. The van der Waals surface area contributed by atoms with Crippen molar-refractivity contribution in [2.75, 3.05) is 5.32 Å². The maximum atomic E-state index is 12.6. The molecule has 0 saturated heterocycles. The predicted molar refractivity (Wildman–Crippen MR) is 123 cm³/mol. The van der Waals surface area contributed by atoms with Crippen LogP contribution in [0.25, 0.3) is 0 Å². The van der Waals surface area contributed by atoms with Crippen LogP contribution in [0.15, 0.2) is 59.1 Å². The number of allylic oxidation sites excluding steroid dienone is 1. The van der Waals surface area contributed by atoms with E-state index >= 15 is 0 Å². The lowest BCUT2D eigenvalue weighted by Gasteiger charge is -2.25. The van der Waals surface area contributed by atoms with Gasteiger partial charge in [-0.15, -0.1) is 0 Å². The number of amides is 2. The van der Waals surface area contributed by atoms with E-state index < -0.39 is 18.1 Å². The molecule has 0 aliphatic heterocycles. The van der Waals surface area contributed by atoms with E-state index in [0.29, 0.717) is 34.1 Å². The molecule has 0 radical (unpaired) electrons. The highest BCUT2D eigenvalue weighted by molar-refractivity contribution is 9.10. The molecule has 0 spiro atoms. The van der Waals surface area contributed by atoms with Crippen molar-refractivity contribution < 1.29 is 29.4 Å². The third-order valence-electron chi connectivity index (χ3n) is 4.75. The fraction of sp³-hybridized carbons (Fsp3) is 0.261. The molecule has 0 fully saturated rings. The first kappa shape index (κ1) is 25.1. The number of carbonyl (C=O) groups is 3. The largest absolute Gasteiger partial charge is 0.508 e. The van der Waals surface area contributed by atoms with Gasteiger partial charge in [-0.1, -0.05) is 28.9 Å². The van der Waals surface area contributed by atoms with Crippen LogP contribution in [0, 0.1) is 5.92 Å². The van der Waals surface area contributed by atoms with Gasteiger partial charge < -0.3 is 9.84 Å². The van der Waals surface area contributed by atoms with Crippen molar-refractivity contribution in [3.8, 4) is 5.75 Å². The van der Waals surface area contributed by atoms with Crippen LogP contribution < -0.4 is 10.8 Å². The average Bonchev–Trinajstić information content (AvgIpc) is 2.76. The van der Waals surface area contributed by atoms with Crippen LogP contribution in [0.1, 0.15) is 48.7 Å². The Morgan fingerprint density at radius 3 is 2.47 bits per heavy atom. The van der Waals surface area contributed by atoms with E-state index in [1.54, 1.807) is 42.5 Å². The smallest absolute Gasteiger partial charge is 0.412 e. The van der Waals surface area contributed by atoms with Crippen molar-refractivity contribution in [3.63, 3.8) is 0 Å². The van der Waals surface area contributed by atoms with Gasteiger partial charge in [-0.3, -0.25) is 20.1 Å². The number of aromatic hydroxyl groups is 1. The molecule has 0 bridgehead atoms. The van der Waals surface area contributed by atoms with Crippen LogP contribution in [-0.2, 0) is 9.53 Å². The lowest BCUT2D eigenvalue weighted by Crippen LogP contribution is -2.22. The van der Waals surface area contributed by atoms with Gasteiger partial charge in [-0.2, -0.15) is 0 Å². The first-order valence-electron chi connectivity index (χ1n) is 9.89. The van der Waals surface area contributed by atoms with E-state index in [-0.39, 0.29) is 17.5 Å². The summed E-state index contributed by atoms with van der Waals surface area (Å²) in [6, 6.07) is 11.3. The number of Topliss-reactive ketones (excluding diaryl/α,β-unsaturated/α-hetero) is 1. The van der Waals surface area contributed by atoms with Gasteiger partial charge in [0, 0.05) is 27.4 Å². The molecule has 2 amide bonds. The van der Waals surface area contributed by atoms with E-state index in [0.717, 1.165) is 0 Å². The molecule has 2 aromatic carbocycles. The van der Waals surface area contributed by atoms with Gasteiger partial charge in [0.25, 0.3) is 5.91 Å². The Labute approximate surface area is 194 Å². The number of benzene rings is 2. The second-order valence-corrected chi connectivity index (χ2v) is 8.14. The second kappa shape index (κ2) is 12.0. The highest BCUT2D eigenvalue weighted by Gasteiger charge is 2.26. The molecule has 32 heavy (non-hydrogen) atoms. The van der Waals surface area contributed by atoms with Crippen molar-refractivity contribution in [1.82, 2.24) is 5.48 Å². The highest BCUT2D eigenvalue weighted by atomic mass is 79.9. The van der Waals surface area contributed by atoms with Crippen LogP contribution in [0.5, 0.6) is 5.75 Å². The van der Waals surface area contributed by atoms with Crippen molar-refractivity contribution in [2.24, 2.45) is 5.92 Å².